The third kappa shape index (κ3) is 2.63. The highest BCUT2D eigenvalue weighted by molar-refractivity contribution is 6.06. The Morgan fingerprint density at radius 1 is 1.32 bits per heavy atom. The largest absolute Gasteiger partial charge is 0.350 e. The molecule has 3 rings (SSSR count). The first-order chi connectivity index (χ1) is 10.7. The molecule has 0 radical (unpaired) electrons. The van der Waals surface area contributed by atoms with Gasteiger partial charge in [-0.2, -0.15) is 0 Å². The number of carbonyl (C=O) groups is 1. The van der Waals surface area contributed by atoms with Crippen molar-refractivity contribution < 1.29 is 4.79 Å². The summed E-state index contributed by atoms with van der Waals surface area (Å²) in [4.78, 5) is 28.3. The normalized spacial score (nSPS) is 10.8. The first-order valence-electron chi connectivity index (χ1n) is 6.99. The van der Waals surface area contributed by atoms with E-state index in [0.29, 0.717) is 18.7 Å². The summed E-state index contributed by atoms with van der Waals surface area (Å²) >= 11 is 0. The molecule has 3 aromatic rings. The number of fused-ring (bicyclic) bond motifs is 1. The Balaban J connectivity index is 1.84. The summed E-state index contributed by atoms with van der Waals surface area (Å²) < 4.78 is 3.42. The molecule has 1 N–H and O–H groups in total. The molecule has 1 amide bonds. The number of hydrogen-bond acceptors (Lipinski definition) is 3. The monoisotopic (exact) mass is 296 g/mol. The van der Waals surface area contributed by atoms with Gasteiger partial charge in [-0.3, -0.25) is 9.59 Å². The van der Waals surface area contributed by atoms with Crippen molar-refractivity contribution in [2.24, 2.45) is 7.05 Å². The molecule has 0 fully saturated rings. The number of hydrogen-bond donors (Lipinski definition) is 1. The average Bonchev–Trinajstić information content (AvgIpc) is 3.04. The maximum atomic E-state index is 12.4. The van der Waals surface area contributed by atoms with Gasteiger partial charge in [0.15, 0.2) is 0 Å². The molecule has 0 saturated carbocycles. The van der Waals surface area contributed by atoms with Crippen LogP contribution >= 0.6 is 0 Å². The zero-order valence-electron chi connectivity index (χ0n) is 12.2. The van der Waals surface area contributed by atoms with Crippen LogP contribution in [-0.2, 0) is 13.6 Å². The van der Waals surface area contributed by atoms with Crippen molar-refractivity contribution in [1.29, 1.82) is 0 Å². The number of imidazole rings is 1. The SMILES string of the molecule is Cn1c(=O)cc(C(=O)NCCn2ccnc2)c2ccccc21. The number of aryl methyl sites for hydroxylation is 1. The van der Waals surface area contributed by atoms with E-state index in [4.69, 9.17) is 0 Å². The first-order valence-corrected chi connectivity index (χ1v) is 6.99. The molecule has 0 unspecified atom stereocenters. The van der Waals surface area contributed by atoms with Crippen LogP contribution in [0.4, 0.5) is 0 Å². The van der Waals surface area contributed by atoms with Crippen molar-refractivity contribution in [3.63, 3.8) is 0 Å². The van der Waals surface area contributed by atoms with Gasteiger partial charge in [-0.05, 0) is 6.07 Å². The molecule has 0 aliphatic heterocycles. The Kier molecular flexibility index (Phi) is 3.74. The van der Waals surface area contributed by atoms with Crippen LogP contribution in [0.3, 0.4) is 0 Å². The van der Waals surface area contributed by atoms with E-state index in [1.165, 1.54) is 10.6 Å². The van der Waals surface area contributed by atoms with Gasteiger partial charge in [0.05, 0.1) is 17.4 Å². The van der Waals surface area contributed by atoms with Crippen LogP contribution in [-0.4, -0.2) is 26.6 Å². The lowest BCUT2D eigenvalue weighted by atomic mass is 10.1. The van der Waals surface area contributed by atoms with E-state index in [2.05, 4.69) is 10.3 Å². The molecule has 6 heteroatoms. The molecular formula is C16H16N4O2. The summed E-state index contributed by atoms with van der Waals surface area (Å²) in [6.45, 7) is 1.10. The molecule has 0 aliphatic carbocycles. The van der Waals surface area contributed by atoms with Crippen molar-refractivity contribution in [2.75, 3.05) is 6.54 Å². The fourth-order valence-corrected chi connectivity index (χ4v) is 2.41. The van der Waals surface area contributed by atoms with Gasteiger partial charge < -0.3 is 14.5 Å². The molecule has 0 saturated heterocycles. The summed E-state index contributed by atoms with van der Waals surface area (Å²) in [6.07, 6.45) is 5.22. The minimum atomic E-state index is -0.242. The zero-order valence-corrected chi connectivity index (χ0v) is 12.2. The maximum absolute atomic E-state index is 12.4. The standard InChI is InChI=1S/C16H16N4O2/c1-19-14-5-3-2-4-12(14)13(10-15(19)21)16(22)18-7-9-20-8-6-17-11-20/h2-6,8,10-11H,7,9H2,1H3,(H,18,22). The molecule has 22 heavy (non-hydrogen) atoms. The molecule has 0 spiro atoms. The minimum absolute atomic E-state index is 0.196. The summed E-state index contributed by atoms with van der Waals surface area (Å²) in [6, 6.07) is 8.77. The number of para-hydroxylation sites is 1. The van der Waals surface area contributed by atoms with Crippen molar-refractivity contribution in [2.45, 2.75) is 6.54 Å². The molecule has 1 aromatic carbocycles. The topological polar surface area (TPSA) is 68.9 Å². The summed E-state index contributed by atoms with van der Waals surface area (Å²) in [5.74, 6) is -0.242. The van der Waals surface area contributed by atoms with Gasteiger partial charge in [0.25, 0.3) is 11.5 Å². The average molecular weight is 296 g/mol. The first kappa shape index (κ1) is 14.1. The van der Waals surface area contributed by atoms with Gasteiger partial charge in [0.1, 0.15) is 0 Å². The molecule has 0 aliphatic rings. The molecular weight excluding hydrogens is 280 g/mol. The van der Waals surface area contributed by atoms with E-state index in [0.717, 1.165) is 10.9 Å². The number of rotatable bonds is 4. The number of pyridine rings is 1. The molecule has 0 atom stereocenters. The molecule has 2 aromatic heterocycles. The van der Waals surface area contributed by atoms with Gasteiger partial charge in [0.2, 0.25) is 0 Å². The number of benzene rings is 1. The van der Waals surface area contributed by atoms with Gasteiger partial charge in [-0.25, -0.2) is 4.98 Å². The van der Waals surface area contributed by atoms with Crippen LogP contribution in [0.1, 0.15) is 10.4 Å². The van der Waals surface area contributed by atoms with Crippen molar-refractivity contribution in [3.05, 3.63) is 65.0 Å². The highest BCUT2D eigenvalue weighted by atomic mass is 16.2. The van der Waals surface area contributed by atoms with Crippen LogP contribution in [0.15, 0.2) is 53.8 Å². The predicted molar refractivity (Wildman–Crippen MR) is 83.7 cm³/mol. The highest BCUT2D eigenvalue weighted by Crippen LogP contribution is 2.15. The Hall–Kier alpha value is -2.89. The van der Waals surface area contributed by atoms with Crippen LogP contribution < -0.4 is 10.9 Å². The maximum Gasteiger partial charge on any atom is 0.252 e. The zero-order chi connectivity index (χ0) is 15.5. The fraction of sp³-hybridized carbons (Fsp3) is 0.188. The second-order valence-electron chi connectivity index (χ2n) is 5.03. The summed E-state index contributed by atoms with van der Waals surface area (Å²) in [5, 5.41) is 3.61. The van der Waals surface area contributed by atoms with E-state index >= 15 is 0 Å². The van der Waals surface area contributed by atoms with Crippen molar-refractivity contribution in [3.8, 4) is 0 Å². The van der Waals surface area contributed by atoms with E-state index in [1.54, 1.807) is 19.6 Å². The third-order valence-corrected chi connectivity index (χ3v) is 3.61. The second-order valence-corrected chi connectivity index (χ2v) is 5.03. The Morgan fingerprint density at radius 2 is 2.14 bits per heavy atom. The second kappa shape index (κ2) is 5.85. The third-order valence-electron chi connectivity index (χ3n) is 3.61. The Labute approximate surface area is 127 Å². The van der Waals surface area contributed by atoms with Gasteiger partial charge in [-0.15, -0.1) is 0 Å². The molecule has 6 nitrogen and oxygen atoms in total. The van der Waals surface area contributed by atoms with E-state index in [1.807, 2.05) is 35.0 Å². The fourth-order valence-electron chi connectivity index (χ4n) is 2.41. The number of aromatic nitrogens is 3. The highest BCUT2D eigenvalue weighted by Gasteiger charge is 2.12. The smallest absolute Gasteiger partial charge is 0.252 e. The molecule has 2 heterocycles. The summed E-state index contributed by atoms with van der Waals surface area (Å²) in [7, 11) is 1.70. The summed E-state index contributed by atoms with van der Waals surface area (Å²) in [5.41, 5.74) is 0.956. The molecule has 0 bridgehead atoms. The minimum Gasteiger partial charge on any atom is -0.350 e. The predicted octanol–water partition coefficient (Wildman–Crippen LogP) is 1.16. The lowest BCUT2D eigenvalue weighted by molar-refractivity contribution is 0.0953. The van der Waals surface area contributed by atoms with Crippen LogP contribution in [0, 0.1) is 0 Å². The van der Waals surface area contributed by atoms with Crippen molar-refractivity contribution >= 4 is 16.8 Å². The Bertz CT molecular complexity index is 865. The lowest BCUT2D eigenvalue weighted by Crippen LogP contribution is -2.29. The van der Waals surface area contributed by atoms with Gasteiger partial charge in [-0.1, -0.05) is 18.2 Å². The number of nitrogens with zero attached hydrogens (tertiary/aromatic N) is 3. The van der Waals surface area contributed by atoms with Gasteiger partial charge >= 0.3 is 0 Å². The van der Waals surface area contributed by atoms with Crippen LogP contribution in [0.5, 0.6) is 0 Å². The van der Waals surface area contributed by atoms with E-state index < -0.39 is 0 Å². The Morgan fingerprint density at radius 3 is 2.91 bits per heavy atom. The quantitative estimate of drug-likeness (QED) is 0.785. The molecule has 112 valence electrons. The van der Waals surface area contributed by atoms with E-state index in [9.17, 15) is 9.59 Å². The van der Waals surface area contributed by atoms with E-state index in [-0.39, 0.29) is 11.5 Å². The number of nitrogens with one attached hydrogen (secondary N) is 1. The number of amides is 1. The van der Waals surface area contributed by atoms with Crippen LogP contribution in [0.25, 0.3) is 10.9 Å². The van der Waals surface area contributed by atoms with Crippen LogP contribution in [0.2, 0.25) is 0 Å². The number of carbonyl (C=O) groups excluding carboxylic acids is 1. The van der Waals surface area contributed by atoms with Crippen molar-refractivity contribution in [1.82, 2.24) is 19.4 Å². The lowest BCUT2D eigenvalue weighted by Gasteiger charge is -2.10. The van der Waals surface area contributed by atoms with Gasteiger partial charge in [0, 0.05) is 44.0 Å².